The van der Waals surface area contributed by atoms with Gasteiger partial charge in [-0.1, -0.05) is 48.6 Å². The molecule has 1 rings (SSSR count). The Bertz CT molecular complexity index is 656. The van der Waals surface area contributed by atoms with E-state index in [0.29, 0.717) is 0 Å². The zero-order valence-corrected chi connectivity index (χ0v) is 18.7. The predicted octanol–water partition coefficient (Wildman–Crippen LogP) is 1.78. The summed E-state index contributed by atoms with van der Waals surface area (Å²) < 4.78 is 10.2. The maximum absolute atomic E-state index is 12.6. The molecule has 0 aliphatic heterocycles. The number of aliphatic hydroxyl groups is 2. The summed E-state index contributed by atoms with van der Waals surface area (Å²) in [5.41, 5.74) is -1.51. The van der Waals surface area contributed by atoms with Gasteiger partial charge in [-0.25, -0.2) is 9.59 Å². The third-order valence-electron chi connectivity index (χ3n) is 4.70. The molecule has 0 aliphatic rings. The Labute approximate surface area is 168 Å². The zero-order chi connectivity index (χ0) is 21.7. The fourth-order valence-corrected chi connectivity index (χ4v) is 6.88. The van der Waals surface area contributed by atoms with Crippen molar-refractivity contribution in [3.63, 3.8) is 0 Å². The normalized spacial score (nSPS) is 16.5. The third-order valence-corrected chi connectivity index (χ3v) is 8.86. The van der Waals surface area contributed by atoms with Crippen molar-refractivity contribution < 1.29 is 29.3 Å². The number of ether oxygens (including phenoxy) is 2. The Hall–Kier alpha value is -1.90. The van der Waals surface area contributed by atoms with Crippen LogP contribution in [0.25, 0.3) is 0 Å². The van der Waals surface area contributed by atoms with Gasteiger partial charge < -0.3 is 25.0 Å². The maximum atomic E-state index is 12.6. The third kappa shape index (κ3) is 6.32. The van der Waals surface area contributed by atoms with Crippen LogP contribution in [0, 0.1) is 0 Å². The highest BCUT2D eigenvalue weighted by molar-refractivity contribution is 6.91. The van der Waals surface area contributed by atoms with E-state index in [9.17, 15) is 19.8 Å². The average molecular weight is 412 g/mol. The number of aliphatic hydroxyl groups excluding tert-OH is 2. The van der Waals surface area contributed by atoms with Crippen molar-refractivity contribution in [1.82, 2.24) is 5.32 Å². The molecule has 0 unspecified atom stereocenters. The van der Waals surface area contributed by atoms with E-state index < -0.39 is 49.5 Å². The number of benzene rings is 1. The molecule has 0 saturated heterocycles. The van der Waals surface area contributed by atoms with E-state index in [0.717, 1.165) is 5.19 Å². The van der Waals surface area contributed by atoms with E-state index in [-0.39, 0.29) is 0 Å². The summed E-state index contributed by atoms with van der Waals surface area (Å²) in [6.07, 6.45) is -3.14. The van der Waals surface area contributed by atoms with E-state index in [2.05, 4.69) is 5.32 Å². The minimum Gasteiger partial charge on any atom is -0.467 e. The minimum atomic E-state index is -2.58. The van der Waals surface area contributed by atoms with Crippen LogP contribution in [0.5, 0.6) is 0 Å². The van der Waals surface area contributed by atoms with Crippen LogP contribution in [0.15, 0.2) is 30.3 Å². The molecule has 0 fully saturated rings. The van der Waals surface area contributed by atoms with E-state index in [1.165, 1.54) is 14.0 Å². The van der Waals surface area contributed by atoms with Crippen LogP contribution in [0.1, 0.15) is 27.7 Å². The molecule has 3 N–H and O–H groups in total. The number of carbonyl (C=O) groups is 2. The highest BCUT2D eigenvalue weighted by Crippen LogP contribution is 2.32. The van der Waals surface area contributed by atoms with Gasteiger partial charge in [-0.15, -0.1) is 0 Å². The topological polar surface area (TPSA) is 105 Å². The molecule has 0 aliphatic carbocycles. The van der Waals surface area contributed by atoms with Crippen molar-refractivity contribution in [3.05, 3.63) is 30.3 Å². The Balaban J connectivity index is 3.40. The van der Waals surface area contributed by atoms with Crippen LogP contribution in [0.2, 0.25) is 18.6 Å². The highest BCUT2D eigenvalue weighted by Gasteiger charge is 2.48. The van der Waals surface area contributed by atoms with Gasteiger partial charge in [-0.2, -0.15) is 0 Å². The lowest BCUT2D eigenvalue weighted by Crippen LogP contribution is -2.62. The van der Waals surface area contributed by atoms with Crippen molar-refractivity contribution >= 4 is 25.3 Å². The van der Waals surface area contributed by atoms with Gasteiger partial charge in [0.25, 0.3) is 0 Å². The highest BCUT2D eigenvalue weighted by atomic mass is 28.3. The van der Waals surface area contributed by atoms with Gasteiger partial charge in [0.05, 0.1) is 27.4 Å². The Morgan fingerprint density at radius 1 is 1.11 bits per heavy atom. The quantitative estimate of drug-likeness (QED) is 0.467. The van der Waals surface area contributed by atoms with Crippen molar-refractivity contribution in [2.24, 2.45) is 0 Å². The van der Waals surface area contributed by atoms with Crippen LogP contribution in [0.4, 0.5) is 4.79 Å². The number of nitrogens with one attached hydrogen (secondary N) is 1. The average Bonchev–Trinajstić information content (AvgIpc) is 2.59. The molecule has 0 saturated carbocycles. The molecule has 1 aromatic carbocycles. The number of carbonyl (C=O) groups excluding carboxylic acids is 2. The number of amides is 1. The van der Waals surface area contributed by atoms with Gasteiger partial charge in [0.1, 0.15) is 11.6 Å². The molecule has 7 nitrogen and oxygen atoms in total. The fraction of sp³-hybridized carbons (Fsp3) is 0.600. The van der Waals surface area contributed by atoms with Gasteiger partial charge in [0.2, 0.25) is 0 Å². The second kappa shape index (κ2) is 9.53. The van der Waals surface area contributed by atoms with Crippen molar-refractivity contribution in [3.8, 4) is 0 Å². The second-order valence-electron chi connectivity index (χ2n) is 8.49. The summed E-state index contributed by atoms with van der Waals surface area (Å²) in [4.78, 5) is 25.0. The Morgan fingerprint density at radius 2 is 1.64 bits per heavy atom. The molecule has 0 aromatic heterocycles. The van der Waals surface area contributed by atoms with Gasteiger partial charge in [0, 0.05) is 5.54 Å². The molecular formula is C20H33NO6Si. The smallest absolute Gasteiger partial charge is 0.408 e. The first-order chi connectivity index (χ1) is 12.8. The molecule has 0 heterocycles. The van der Waals surface area contributed by atoms with Crippen LogP contribution in [0.3, 0.4) is 0 Å². The molecule has 1 amide bonds. The van der Waals surface area contributed by atoms with Crippen molar-refractivity contribution in [2.75, 3.05) is 7.11 Å². The van der Waals surface area contributed by atoms with E-state index in [1.807, 2.05) is 43.4 Å². The molecule has 28 heavy (non-hydrogen) atoms. The summed E-state index contributed by atoms with van der Waals surface area (Å²) in [6, 6.07) is 8.32. The number of esters is 1. The first kappa shape index (κ1) is 24.1. The summed E-state index contributed by atoms with van der Waals surface area (Å²) in [7, 11) is -1.37. The lowest BCUT2D eigenvalue weighted by Gasteiger charge is -2.41. The SMILES string of the molecule is COC(=O)[C@@H](NC(=O)OC(C)(C)C)[C@@H]([C@@H](O)[C@H](C)O)[Si](C)(C)c1ccccc1. The van der Waals surface area contributed by atoms with E-state index >= 15 is 0 Å². The van der Waals surface area contributed by atoms with Crippen LogP contribution < -0.4 is 10.5 Å². The molecule has 1 aromatic rings. The summed E-state index contributed by atoms with van der Waals surface area (Å²) in [6.45, 7) is 10.5. The molecule has 4 atom stereocenters. The second-order valence-corrected chi connectivity index (χ2v) is 13.2. The summed E-state index contributed by atoms with van der Waals surface area (Å²) >= 11 is 0. The van der Waals surface area contributed by atoms with Crippen molar-refractivity contribution in [2.45, 2.75) is 70.2 Å². The first-order valence-corrected chi connectivity index (χ1v) is 12.4. The predicted molar refractivity (Wildman–Crippen MR) is 110 cm³/mol. The number of hydrogen-bond acceptors (Lipinski definition) is 6. The van der Waals surface area contributed by atoms with Gasteiger partial charge in [0.15, 0.2) is 0 Å². The molecular weight excluding hydrogens is 378 g/mol. The lowest BCUT2D eigenvalue weighted by molar-refractivity contribution is -0.144. The fourth-order valence-electron chi connectivity index (χ4n) is 3.26. The van der Waals surface area contributed by atoms with Gasteiger partial charge >= 0.3 is 12.1 Å². The summed E-state index contributed by atoms with van der Waals surface area (Å²) in [5, 5.41) is 24.5. The lowest BCUT2D eigenvalue weighted by atomic mass is 10.0. The minimum absolute atomic E-state index is 0.702. The largest absolute Gasteiger partial charge is 0.467 e. The van der Waals surface area contributed by atoms with Crippen LogP contribution in [-0.4, -0.2) is 61.3 Å². The number of rotatable bonds is 7. The Kier molecular flexibility index (Phi) is 8.22. The van der Waals surface area contributed by atoms with Crippen LogP contribution >= 0.6 is 0 Å². The number of hydrogen-bond donors (Lipinski definition) is 3. The van der Waals surface area contributed by atoms with Gasteiger partial charge in [-0.3, -0.25) is 0 Å². The molecule has 8 heteroatoms. The Morgan fingerprint density at radius 3 is 2.07 bits per heavy atom. The molecule has 0 bridgehead atoms. The number of methoxy groups -OCH3 is 1. The first-order valence-electron chi connectivity index (χ1n) is 9.30. The molecule has 158 valence electrons. The summed E-state index contributed by atoms with van der Waals surface area (Å²) in [5.74, 6) is -0.702. The number of alkyl carbamates (subject to hydrolysis) is 1. The molecule has 0 spiro atoms. The zero-order valence-electron chi connectivity index (χ0n) is 17.7. The maximum Gasteiger partial charge on any atom is 0.408 e. The van der Waals surface area contributed by atoms with Crippen molar-refractivity contribution in [1.29, 1.82) is 0 Å². The monoisotopic (exact) mass is 411 g/mol. The molecule has 0 radical (unpaired) electrons. The van der Waals surface area contributed by atoms with E-state index in [1.54, 1.807) is 20.8 Å². The van der Waals surface area contributed by atoms with Crippen LogP contribution in [-0.2, 0) is 14.3 Å². The van der Waals surface area contributed by atoms with Gasteiger partial charge in [-0.05, 0) is 27.7 Å². The standard InChI is InChI=1S/C20H33NO6Si/c1-13(22)16(23)17(28(6,7)14-11-9-8-10-12-14)15(18(24)26-5)21-19(25)27-20(2,3)4/h8-13,15-17,22-23H,1-7H3,(H,21,25)/t13-,15-,16-,17-/m0/s1. The van der Waals surface area contributed by atoms with E-state index in [4.69, 9.17) is 9.47 Å².